The summed E-state index contributed by atoms with van der Waals surface area (Å²) in [6.07, 6.45) is 5.38. The molecule has 0 spiro atoms. The number of thiazole rings is 1. The first-order valence-electron chi connectivity index (χ1n) is 5.28. The van der Waals surface area contributed by atoms with E-state index in [1.165, 1.54) is 47.8 Å². The quantitative estimate of drug-likeness (QED) is 0.857. The zero-order chi connectivity index (χ0) is 12.8. The molecule has 3 nitrogen and oxygen atoms in total. The van der Waals surface area contributed by atoms with Gasteiger partial charge in [0.1, 0.15) is 10.8 Å². The van der Waals surface area contributed by atoms with Crippen molar-refractivity contribution in [2.24, 2.45) is 0 Å². The molecule has 1 aliphatic carbocycles. The maximum absolute atomic E-state index is 13.1. The molecule has 0 unspecified atom stereocenters. The summed E-state index contributed by atoms with van der Waals surface area (Å²) in [6.45, 7) is 0. The van der Waals surface area contributed by atoms with E-state index in [9.17, 15) is 14.3 Å². The maximum Gasteiger partial charge on any atom is 0.178 e. The summed E-state index contributed by atoms with van der Waals surface area (Å²) in [5, 5.41) is 10.8. The van der Waals surface area contributed by atoms with Crippen LogP contribution in [0.5, 0.6) is 0 Å². The van der Waals surface area contributed by atoms with Crippen LogP contribution in [-0.4, -0.2) is 15.9 Å². The van der Waals surface area contributed by atoms with Crippen molar-refractivity contribution in [3.63, 3.8) is 0 Å². The lowest BCUT2D eigenvalue weighted by molar-refractivity contribution is -0.110. The monoisotopic (exact) mass is 261 g/mol. The number of fused-ring (bicyclic) bond motifs is 1. The first-order valence-corrected chi connectivity index (χ1v) is 6.10. The fourth-order valence-corrected chi connectivity index (χ4v) is 2.78. The zero-order valence-corrected chi connectivity index (χ0v) is 9.95. The normalized spacial score (nSPS) is 17.6. The molecule has 90 valence electrons. The van der Waals surface area contributed by atoms with Gasteiger partial charge >= 0.3 is 0 Å². The number of aliphatic hydroxyl groups is 1. The Hall–Kier alpha value is -1.85. The molecule has 1 aliphatic rings. The lowest BCUT2D eigenvalue weighted by Crippen LogP contribution is -2.22. The van der Waals surface area contributed by atoms with Crippen molar-refractivity contribution in [1.29, 1.82) is 0 Å². The number of rotatable bonds is 1. The molecule has 0 saturated carbocycles. The molecule has 1 aromatic carbocycles. The van der Waals surface area contributed by atoms with E-state index in [1.54, 1.807) is 6.07 Å². The molecule has 0 saturated heterocycles. The van der Waals surface area contributed by atoms with Crippen LogP contribution in [-0.2, 0) is 10.4 Å². The second kappa shape index (κ2) is 3.83. The number of carbonyl (C=O) groups is 1. The summed E-state index contributed by atoms with van der Waals surface area (Å²) in [5.41, 5.74) is -0.753. The molecule has 0 bridgehead atoms. The number of ketones is 1. The molecule has 2 aromatic rings. The minimum absolute atomic E-state index is 0.174. The number of nitrogens with zero attached hydrogens (tertiary/aromatic N) is 1. The third-order valence-corrected chi connectivity index (χ3v) is 3.85. The van der Waals surface area contributed by atoms with E-state index in [4.69, 9.17) is 0 Å². The Labute approximate surface area is 106 Å². The molecular formula is C13H8FNO2S. The summed E-state index contributed by atoms with van der Waals surface area (Å²) < 4.78 is 13.7. The van der Waals surface area contributed by atoms with Gasteiger partial charge in [0.05, 0.1) is 10.2 Å². The average molecular weight is 261 g/mol. The zero-order valence-electron chi connectivity index (χ0n) is 9.13. The summed E-state index contributed by atoms with van der Waals surface area (Å²) in [7, 11) is 0. The van der Waals surface area contributed by atoms with Crippen molar-refractivity contribution >= 4 is 27.3 Å². The number of aromatic nitrogens is 1. The predicted molar refractivity (Wildman–Crippen MR) is 66.8 cm³/mol. The molecule has 1 heterocycles. The van der Waals surface area contributed by atoms with Gasteiger partial charge in [-0.15, -0.1) is 11.3 Å². The molecule has 0 fully saturated rings. The maximum atomic E-state index is 13.1. The summed E-state index contributed by atoms with van der Waals surface area (Å²) >= 11 is 1.20. The molecular weight excluding hydrogens is 253 g/mol. The van der Waals surface area contributed by atoms with Crippen LogP contribution in [0.15, 0.2) is 42.5 Å². The van der Waals surface area contributed by atoms with Gasteiger partial charge in [0.15, 0.2) is 11.4 Å². The van der Waals surface area contributed by atoms with Gasteiger partial charge in [0, 0.05) is 0 Å². The lowest BCUT2D eigenvalue weighted by Gasteiger charge is -2.19. The van der Waals surface area contributed by atoms with Crippen LogP contribution in [0, 0.1) is 5.82 Å². The molecule has 18 heavy (non-hydrogen) atoms. The van der Waals surface area contributed by atoms with Gasteiger partial charge in [0.25, 0.3) is 0 Å². The topological polar surface area (TPSA) is 50.2 Å². The van der Waals surface area contributed by atoms with Crippen molar-refractivity contribution in [2.75, 3.05) is 0 Å². The van der Waals surface area contributed by atoms with E-state index in [-0.39, 0.29) is 11.6 Å². The molecule has 0 radical (unpaired) electrons. The number of benzene rings is 1. The van der Waals surface area contributed by atoms with Crippen LogP contribution < -0.4 is 0 Å². The van der Waals surface area contributed by atoms with E-state index >= 15 is 0 Å². The second-order valence-corrected chi connectivity index (χ2v) is 5.06. The summed E-state index contributed by atoms with van der Waals surface area (Å²) in [6, 6.07) is 4.27. The third-order valence-electron chi connectivity index (χ3n) is 2.70. The van der Waals surface area contributed by atoms with Gasteiger partial charge in [-0.25, -0.2) is 9.37 Å². The molecule has 0 amide bonds. The van der Waals surface area contributed by atoms with E-state index in [2.05, 4.69) is 4.98 Å². The Morgan fingerprint density at radius 3 is 2.72 bits per heavy atom. The SMILES string of the molecule is O=C1C=CC(O)(c2nc3ccc(F)cc3s2)C=C1. The molecule has 5 heteroatoms. The predicted octanol–water partition coefficient (Wildman–Crippen LogP) is 2.32. The van der Waals surface area contributed by atoms with Crippen LogP contribution in [0.4, 0.5) is 4.39 Å². The molecule has 1 aromatic heterocycles. The van der Waals surface area contributed by atoms with Crippen LogP contribution in [0.1, 0.15) is 5.01 Å². The second-order valence-electron chi connectivity index (χ2n) is 4.03. The Bertz CT molecular complexity index is 686. The number of hydrogen-bond donors (Lipinski definition) is 1. The minimum atomic E-state index is -1.38. The highest BCUT2D eigenvalue weighted by atomic mass is 32.1. The van der Waals surface area contributed by atoms with Crippen molar-refractivity contribution in [3.8, 4) is 0 Å². The molecule has 3 rings (SSSR count). The first-order chi connectivity index (χ1) is 8.57. The van der Waals surface area contributed by atoms with Crippen molar-refractivity contribution in [2.45, 2.75) is 5.60 Å². The Morgan fingerprint density at radius 1 is 1.28 bits per heavy atom. The summed E-state index contributed by atoms with van der Waals surface area (Å²) in [4.78, 5) is 15.3. The molecule has 0 atom stereocenters. The van der Waals surface area contributed by atoms with Crippen molar-refractivity contribution < 1.29 is 14.3 Å². The Morgan fingerprint density at radius 2 is 2.00 bits per heavy atom. The number of hydrogen-bond acceptors (Lipinski definition) is 4. The third kappa shape index (κ3) is 1.77. The first kappa shape index (κ1) is 11.3. The van der Waals surface area contributed by atoms with E-state index < -0.39 is 5.60 Å². The van der Waals surface area contributed by atoms with Crippen molar-refractivity contribution in [1.82, 2.24) is 4.98 Å². The molecule has 0 aliphatic heterocycles. The van der Waals surface area contributed by atoms with Gasteiger partial charge in [0.2, 0.25) is 0 Å². The largest absolute Gasteiger partial charge is 0.375 e. The Balaban J connectivity index is 2.12. The van der Waals surface area contributed by atoms with Crippen LogP contribution in [0.2, 0.25) is 0 Å². The number of carbonyl (C=O) groups excluding carboxylic acids is 1. The van der Waals surface area contributed by atoms with Gasteiger partial charge in [-0.1, -0.05) is 0 Å². The van der Waals surface area contributed by atoms with Gasteiger partial charge < -0.3 is 5.11 Å². The van der Waals surface area contributed by atoms with Gasteiger partial charge in [-0.05, 0) is 42.5 Å². The minimum Gasteiger partial charge on any atom is -0.375 e. The standard InChI is InChI=1S/C13H8FNO2S/c14-8-1-2-10-11(7-8)18-12(15-10)13(17)5-3-9(16)4-6-13/h1-7,17H. The fourth-order valence-electron chi connectivity index (χ4n) is 1.74. The van der Waals surface area contributed by atoms with E-state index in [1.807, 2.05) is 0 Å². The van der Waals surface area contributed by atoms with Gasteiger partial charge in [-0.3, -0.25) is 4.79 Å². The Kier molecular flexibility index (Phi) is 2.39. The number of halogens is 1. The highest BCUT2D eigenvalue weighted by Crippen LogP contribution is 2.33. The van der Waals surface area contributed by atoms with Crippen LogP contribution in [0.25, 0.3) is 10.2 Å². The average Bonchev–Trinajstić information content (AvgIpc) is 2.77. The fraction of sp³-hybridized carbons (Fsp3) is 0.0769. The lowest BCUT2D eigenvalue weighted by atomic mass is 9.98. The number of allylic oxidation sites excluding steroid dienone is 2. The highest BCUT2D eigenvalue weighted by Gasteiger charge is 2.29. The van der Waals surface area contributed by atoms with Crippen molar-refractivity contribution in [3.05, 3.63) is 53.3 Å². The smallest absolute Gasteiger partial charge is 0.178 e. The van der Waals surface area contributed by atoms with E-state index in [0.29, 0.717) is 15.2 Å². The van der Waals surface area contributed by atoms with Gasteiger partial charge in [-0.2, -0.15) is 0 Å². The van der Waals surface area contributed by atoms with E-state index in [0.717, 1.165) is 0 Å². The summed E-state index contributed by atoms with van der Waals surface area (Å²) in [5.74, 6) is -0.513. The molecule has 1 N–H and O–H groups in total. The highest BCUT2D eigenvalue weighted by molar-refractivity contribution is 7.18. The van der Waals surface area contributed by atoms with Crippen LogP contribution >= 0.6 is 11.3 Å². The van der Waals surface area contributed by atoms with Crippen LogP contribution in [0.3, 0.4) is 0 Å².